The zero-order valence-corrected chi connectivity index (χ0v) is 23.2. The summed E-state index contributed by atoms with van der Waals surface area (Å²) in [6.45, 7) is 23.2. The van der Waals surface area contributed by atoms with Crippen LogP contribution in [0.3, 0.4) is 0 Å². The van der Waals surface area contributed by atoms with Crippen LogP contribution >= 0.6 is 0 Å². The summed E-state index contributed by atoms with van der Waals surface area (Å²) in [5, 5.41) is -0.413. The maximum absolute atomic E-state index is 13.8. The Morgan fingerprint density at radius 3 is 2.23 bits per heavy atom. The highest BCUT2D eigenvalue weighted by Crippen LogP contribution is 2.52. The second kappa shape index (κ2) is 11.6. The molecule has 1 fully saturated rings. The molecule has 2 radical (unpaired) electrons. The molecule has 0 amide bonds. The predicted octanol–water partition coefficient (Wildman–Crippen LogP) is 9.58. The molecule has 0 spiro atoms. The van der Waals surface area contributed by atoms with Crippen molar-refractivity contribution >= 4 is 7.85 Å². The lowest BCUT2D eigenvalue weighted by Crippen LogP contribution is -2.33. The van der Waals surface area contributed by atoms with E-state index in [1.807, 2.05) is 20.0 Å². The highest BCUT2D eigenvalue weighted by atomic mass is 19.3. The van der Waals surface area contributed by atoms with Gasteiger partial charge in [0.05, 0.1) is 13.5 Å². The topological polar surface area (TPSA) is 12.9 Å². The van der Waals surface area contributed by atoms with Crippen LogP contribution in [0.4, 0.5) is 8.78 Å². The van der Waals surface area contributed by atoms with Crippen molar-refractivity contribution in [2.45, 2.75) is 122 Å². The van der Waals surface area contributed by atoms with Gasteiger partial charge in [-0.05, 0) is 77.8 Å². The van der Waals surface area contributed by atoms with Gasteiger partial charge < -0.3 is 0 Å². The third-order valence-electron chi connectivity index (χ3n) is 8.88. The minimum atomic E-state index is -2.53. The number of alkyl halides is 2. The average molecular weight is 482 g/mol. The minimum Gasteiger partial charge on any atom is -0.260 e. The fourth-order valence-corrected chi connectivity index (χ4v) is 5.89. The Hall–Kier alpha value is -1.71. The first kappa shape index (κ1) is 29.5. The minimum absolute atomic E-state index is 0.0377. The van der Waals surface area contributed by atoms with E-state index in [4.69, 9.17) is 12.8 Å². The molecule has 2 unspecified atom stereocenters. The number of rotatable bonds is 11. The maximum Gasteiger partial charge on any atom is 0.248 e. The van der Waals surface area contributed by atoms with Gasteiger partial charge in [0, 0.05) is 30.4 Å². The van der Waals surface area contributed by atoms with E-state index in [9.17, 15) is 8.78 Å². The third-order valence-corrected chi connectivity index (χ3v) is 8.88. The van der Waals surface area contributed by atoms with Crippen molar-refractivity contribution in [3.63, 3.8) is 0 Å². The summed E-state index contributed by atoms with van der Waals surface area (Å²) in [6, 6.07) is 2.23. The molecule has 192 valence electrons. The first-order valence-electron chi connectivity index (χ1n) is 13.3. The Balaban J connectivity index is 2.35. The molecule has 2 atom stereocenters. The maximum atomic E-state index is 13.8. The Bertz CT molecular complexity index is 923. The SMILES string of the molecule is [B]C(CCC)(CCC(/C(C)=C/C)c1ncc(C(C)(C(=C)C)C(=C)C)cc1C)C1CCC(F)(F)CC1. The van der Waals surface area contributed by atoms with Gasteiger partial charge in [-0.1, -0.05) is 73.5 Å². The highest BCUT2D eigenvalue weighted by Gasteiger charge is 2.42. The number of aromatic nitrogens is 1. The van der Waals surface area contributed by atoms with E-state index in [0.717, 1.165) is 53.7 Å². The van der Waals surface area contributed by atoms with Crippen LogP contribution in [0.1, 0.15) is 116 Å². The van der Waals surface area contributed by atoms with E-state index >= 15 is 0 Å². The summed E-state index contributed by atoms with van der Waals surface area (Å²) in [5.74, 6) is -2.23. The molecule has 2 rings (SSSR count). The van der Waals surface area contributed by atoms with Crippen molar-refractivity contribution in [1.82, 2.24) is 4.98 Å². The van der Waals surface area contributed by atoms with Crippen LogP contribution in [0.25, 0.3) is 0 Å². The highest BCUT2D eigenvalue weighted by molar-refractivity contribution is 6.15. The molecular weight excluding hydrogens is 435 g/mol. The smallest absolute Gasteiger partial charge is 0.248 e. The zero-order valence-electron chi connectivity index (χ0n) is 23.2. The molecule has 4 heteroatoms. The second-order valence-electron chi connectivity index (χ2n) is 11.3. The van der Waals surface area contributed by atoms with Gasteiger partial charge in [0.25, 0.3) is 0 Å². The van der Waals surface area contributed by atoms with Gasteiger partial charge in [-0.3, -0.25) is 4.98 Å². The number of hydrogen-bond acceptors (Lipinski definition) is 1. The van der Waals surface area contributed by atoms with Crippen LogP contribution in [0, 0.1) is 12.8 Å². The molecule has 0 N–H and O–H groups in total. The molecule has 0 aliphatic heterocycles. The molecule has 0 aromatic carbocycles. The Labute approximate surface area is 215 Å². The van der Waals surface area contributed by atoms with Crippen molar-refractivity contribution in [2.75, 3.05) is 0 Å². The Morgan fingerprint density at radius 1 is 1.20 bits per heavy atom. The Kier molecular flexibility index (Phi) is 9.76. The standard InChI is InChI=1S/C31H46BF2N/c1-10-15-30(32,25-12-17-31(33,34)18-13-25)16-14-27(23(7)11-2)28-24(8)19-26(20-35-28)29(9,21(3)4)22(5)6/h11,19-20,25,27H,3,5,10,12-18H2,1-2,4,6-9H3/b23-11+. The predicted molar refractivity (Wildman–Crippen MR) is 148 cm³/mol. The van der Waals surface area contributed by atoms with E-state index in [0.29, 0.717) is 12.8 Å². The van der Waals surface area contributed by atoms with Crippen LogP contribution in [0.5, 0.6) is 0 Å². The number of aryl methyl sites for hydroxylation is 1. The number of allylic oxidation sites excluding steroid dienone is 4. The molecule has 1 aromatic rings. The van der Waals surface area contributed by atoms with Crippen molar-refractivity contribution in [3.8, 4) is 0 Å². The van der Waals surface area contributed by atoms with Crippen molar-refractivity contribution in [1.29, 1.82) is 0 Å². The molecule has 1 heterocycles. The van der Waals surface area contributed by atoms with Gasteiger partial charge in [0.15, 0.2) is 0 Å². The molecular formula is C31H46BF2N. The van der Waals surface area contributed by atoms with Gasteiger partial charge in [-0.15, -0.1) is 0 Å². The van der Waals surface area contributed by atoms with Crippen LogP contribution in [0.15, 0.2) is 48.2 Å². The summed E-state index contributed by atoms with van der Waals surface area (Å²) >= 11 is 0. The Morgan fingerprint density at radius 2 is 1.77 bits per heavy atom. The second-order valence-corrected chi connectivity index (χ2v) is 11.3. The van der Waals surface area contributed by atoms with Crippen LogP contribution in [-0.2, 0) is 5.41 Å². The molecule has 35 heavy (non-hydrogen) atoms. The normalized spacial score (nSPS) is 19.7. The van der Waals surface area contributed by atoms with E-state index in [1.54, 1.807) is 0 Å². The quantitative estimate of drug-likeness (QED) is 0.226. The summed E-state index contributed by atoms with van der Waals surface area (Å²) in [6.07, 6.45) is 8.60. The average Bonchev–Trinajstić information content (AvgIpc) is 2.78. The molecule has 1 aliphatic carbocycles. The van der Waals surface area contributed by atoms with Crippen molar-refractivity contribution in [2.24, 2.45) is 5.92 Å². The molecule has 0 saturated heterocycles. The lowest BCUT2D eigenvalue weighted by Gasteiger charge is -2.43. The van der Waals surface area contributed by atoms with Crippen LogP contribution < -0.4 is 0 Å². The van der Waals surface area contributed by atoms with E-state index in [1.165, 1.54) is 5.57 Å². The van der Waals surface area contributed by atoms with E-state index in [2.05, 4.69) is 59.9 Å². The summed E-state index contributed by atoms with van der Waals surface area (Å²) < 4.78 is 27.7. The molecule has 1 aromatic heterocycles. The van der Waals surface area contributed by atoms with Crippen molar-refractivity contribution in [3.05, 3.63) is 65.0 Å². The number of halogens is 2. The first-order valence-corrected chi connectivity index (χ1v) is 13.3. The number of hydrogen-bond donors (Lipinski definition) is 0. The van der Waals surface area contributed by atoms with Crippen molar-refractivity contribution < 1.29 is 8.78 Å². The van der Waals surface area contributed by atoms with Gasteiger partial charge in [0.2, 0.25) is 5.92 Å². The number of nitrogens with zero attached hydrogens (tertiary/aromatic N) is 1. The lowest BCUT2D eigenvalue weighted by molar-refractivity contribution is -0.0517. The monoisotopic (exact) mass is 481 g/mol. The summed E-state index contributed by atoms with van der Waals surface area (Å²) in [5.41, 5.74) is 6.37. The van der Waals surface area contributed by atoms with Crippen LogP contribution in [0.2, 0.25) is 5.31 Å². The van der Waals surface area contributed by atoms with Gasteiger partial charge in [0.1, 0.15) is 0 Å². The molecule has 0 bridgehead atoms. The van der Waals surface area contributed by atoms with E-state index < -0.39 is 11.2 Å². The largest absolute Gasteiger partial charge is 0.260 e. The number of pyridine rings is 1. The first-order chi connectivity index (χ1) is 16.2. The third kappa shape index (κ3) is 6.55. The van der Waals surface area contributed by atoms with Crippen LogP contribution in [-0.4, -0.2) is 18.8 Å². The molecule has 1 saturated carbocycles. The van der Waals surface area contributed by atoms with Gasteiger partial charge in [-0.25, -0.2) is 8.78 Å². The summed E-state index contributed by atoms with van der Waals surface area (Å²) in [4.78, 5) is 4.99. The van der Waals surface area contributed by atoms with E-state index in [-0.39, 0.29) is 30.1 Å². The fraction of sp³-hybridized carbons (Fsp3) is 0.645. The van der Waals surface area contributed by atoms with Gasteiger partial charge in [-0.2, -0.15) is 0 Å². The van der Waals surface area contributed by atoms with Gasteiger partial charge >= 0.3 is 0 Å². The fourth-order valence-electron chi connectivity index (χ4n) is 5.89. The molecule has 1 nitrogen and oxygen atoms in total. The summed E-state index contributed by atoms with van der Waals surface area (Å²) in [7, 11) is 7.02. The zero-order chi connectivity index (χ0) is 26.6. The molecule has 1 aliphatic rings. The lowest BCUT2D eigenvalue weighted by atomic mass is 9.52.